The first-order valence-electron chi connectivity index (χ1n) is 6.82. The van der Waals surface area contributed by atoms with Crippen molar-refractivity contribution in [3.05, 3.63) is 0 Å². The van der Waals surface area contributed by atoms with Crippen molar-refractivity contribution in [3.8, 4) is 0 Å². The molecule has 0 heterocycles. The summed E-state index contributed by atoms with van der Waals surface area (Å²) in [6, 6.07) is 0.321. The van der Waals surface area contributed by atoms with Gasteiger partial charge in [0.15, 0.2) is 5.96 Å². The maximum absolute atomic E-state index is 11.5. The van der Waals surface area contributed by atoms with Gasteiger partial charge in [0, 0.05) is 19.1 Å². The molecule has 0 rings (SSSR count). The highest BCUT2D eigenvalue weighted by Gasteiger charge is 2.09. The van der Waals surface area contributed by atoms with Gasteiger partial charge in [0.05, 0.1) is 0 Å². The average molecular weight is 256 g/mol. The predicted octanol–water partition coefficient (Wildman–Crippen LogP) is 1.11. The summed E-state index contributed by atoms with van der Waals surface area (Å²) in [6.07, 6.45) is 0.943. The first kappa shape index (κ1) is 16.7. The van der Waals surface area contributed by atoms with Crippen molar-refractivity contribution in [3.63, 3.8) is 0 Å². The maximum Gasteiger partial charge on any atom is 0.241 e. The molecule has 0 aliphatic heterocycles. The van der Waals surface area contributed by atoms with E-state index in [0.29, 0.717) is 24.5 Å². The fourth-order valence-corrected chi connectivity index (χ4v) is 1.17. The van der Waals surface area contributed by atoms with E-state index in [4.69, 9.17) is 0 Å². The molecule has 0 aliphatic carbocycles. The predicted molar refractivity (Wildman–Crippen MR) is 76.7 cm³/mol. The molecule has 3 N–H and O–H groups in total. The van der Waals surface area contributed by atoms with Crippen molar-refractivity contribution in [2.75, 3.05) is 19.6 Å². The zero-order chi connectivity index (χ0) is 14.0. The van der Waals surface area contributed by atoms with Gasteiger partial charge in [0.1, 0.15) is 6.54 Å². The van der Waals surface area contributed by atoms with Crippen LogP contribution in [0.3, 0.4) is 0 Å². The number of hydrogen-bond donors (Lipinski definition) is 3. The lowest BCUT2D eigenvalue weighted by Crippen LogP contribution is -2.44. The van der Waals surface area contributed by atoms with Crippen molar-refractivity contribution in [1.82, 2.24) is 16.0 Å². The summed E-state index contributed by atoms with van der Waals surface area (Å²) in [5.41, 5.74) is 0. The van der Waals surface area contributed by atoms with Gasteiger partial charge in [0.25, 0.3) is 0 Å². The number of nitrogens with one attached hydrogen (secondary N) is 3. The Morgan fingerprint density at radius 2 is 1.83 bits per heavy atom. The van der Waals surface area contributed by atoms with E-state index < -0.39 is 0 Å². The molecular formula is C13H28N4O. The Morgan fingerprint density at radius 3 is 2.33 bits per heavy atom. The second kappa shape index (κ2) is 9.74. The van der Waals surface area contributed by atoms with Crippen LogP contribution < -0.4 is 16.0 Å². The Kier molecular flexibility index (Phi) is 9.06. The highest BCUT2D eigenvalue weighted by molar-refractivity contribution is 5.85. The van der Waals surface area contributed by atoms with E-state index in [-0.39, 0.29) is 12.5 Å². The van der Waals surface area contributed by atoms with E-state index in [9.17, 15) is 4.79 Å². The number of aliphatic imine (C=N–C) groups is 1. The highest BCUT2D eigenvalue weighted by atomic mass is 16.1. The summed E-state index contributed by atoms with van der Waals surface area (Å²) in [6.45, 7) is 12.1. The molecule has 5 nitrogen and oxygen atoms in total. The van der Waals surface area contributed by atoms with Crippen LogP contribution in [0.4, 0.5) is 0 Å². The second-order valence-electron chi connectivity index (χ2n) is 4.72. The minimum atomic E-state index is -0.0359. The van der Waals surface area contributed by atoms with Gasteiger partial charge in [-0.2, -0.15) is 0 Å². The number of rotatable bonds is 7. The number of hydrogen-bond acceptors (Lipinski definition) is 2. The summed E-state index contributed by atoms with van der Waals surface area (Å²) in [5, 5.41) is 9.23. The third kappa shape index (κ3) is 7.92. The molecule has 0 radical (unpaired) electrons. The third-order valence-electron chi connectivity index (χ3n) is 2.66. The van der Waals surface area contributed by atoms with Crippen LogP contribution in [0.1, 0.15) is 41.0 Å². The molecule has 1 atom stereocenters. The van der Waals surface area contributed by atoms with E-state index >= 15 is 0 Å². The Hall–Kier alpha value is -1.26. The minimum absolute atomic E-state index is 0.0359. The van der Waals surface area contributed by atoms with Gasteiger partial charge < -0.3 is 16.0 Å². The summed E-state index contributed by atoms with van der Waals surface area (Å²) >= 11 is 0. The standard InChI is InChI=1S/C13H28N4O/c1-6-8-15-12(18)9-16-13(14-7-2)17-11(5)10(3)4/h10-11H,6-9H2,1-5H3,(H,15,18)(H2,14,16,17). The van der Waals surface area contributed by atoms with Gasteiger partial charge in [0.2, 0.25) is 5.91 Å². The monoisotopic (exact) mass is 256 g/mol. The number of carbonyl (C=O) groups is 1. The maximum atomic E-state index is 11.5. The Balaban J connectivity index is 4.26. The Labute approximate surface area is 111 Å². The van der Waals surface area contributed by atoms with Crippen LogP contribution in [0.25, 0.3) is 0 Å². The van der Waals surface area contributed by atoms with Crippen LogP contribution in [-0.2, 0) is 4.79 Å². The van der Waals surface area contributed by atoms with Crippen molar-refractivity contribution < 1.29 is 4.79 Å². The Bertz CT molecular complexity index is 264. The smallest absolute Gasteiger partial charge is 0.241 e. The van der Waals surface area contributed by atoms with Crippen LogP contribution in [0, 0.1) is 5.92 Å². The zero-order valence-electron chi connectivity index (χ0n) is 12.3. The normalized spacial score (nSPS) is 13.3. The van der Waals surface area contributed by atoms with E-state index in [1.54, 1.807) is 0 Å². The minimum Gasteiger partial charge on any atom is -0.357 e. The van der Waals surface area contributed by atoms with Crippen molar-refractivity contribution in [2.24, 2.45) is 10.9 Å². The lowest BCUT2D eigenvalue weighted by atomic mass is 10.1. The van der Waals surface area contributed by atoms with E-state index in [0.717, 1.165) is 13.0 Å². The van der Waals surface area contributed by atoms with Crippen molar-refractivity contribution in [2.45, 2.75) is 47.1 Å². The summed E-state index contributed by atoms with van der Waals surface area (Å²) in [7, 11) is 0. The van der Waals surface area contributed by atoms with Gasteiger partial charge in [-0.1, -0.05) is 20.8 Å². The van der Waals surface area contributed by atoms with Crippen LogP contribution in [-0.4, -0.2) is 37.5 Å². The first-order valence-corrected chi connectivity index (χ1v) is 6.82. The molecule has 0 aromatic carbocycles. The second-order valence-corrected chi connectivity index (χ2v) is 4.72. The fourth-order valence-electron chi connectivity index (χ4n) is 1.17. The molecule has 0 aromatic rings. The molecule has 0 aliphatic rings. The van der Waals surface area contributed by atoms with Gasteiger partial charge in [-0.3, -0.25) is 4.79 Å². The third-order valence-corrected chi connectivity index (χ3v) is 2.66. The van der Waals surface area contributed by atoms with Gasteiger partial charge >= 0.3 is 0 Å². The SMILES string of the molecule is CCCNC(=O)CN=C(NCC)NC(C)C(C)C. The number of guanidine groups is 1. The van der Waals surface area contributed by atoms with E-state index in [2.05, 4.69) is 41.7 Å². The molecule has 0 saturated carbocycles. The Morgan fingerprint density at radius 1 is 1.17 bits per heavy atom. The molecule has 0 spiro atoms. The quantitative estimate of drug-likeness (QED) is 0.472. The average Bonchev–Trinajstić information content (AvgIpc) is 2.33. The number of nitrogens with zero attached hydrogens (tertiary/aromatic N) is 1. The molecule has 5 heteroatoms. The largest absolute Gasteiger partial charge is 0.357 e. The summed E-state index contributed by atoms with van der Waals surface area (Å²) in [5.74, 6) is 1.18. The first-order chi connectivity index (χ1) is 8.51. The van der Waals surface area contributed by atoms with Crippen LogP contribution in [0.15, 0.2) is 4.99 Å². The molecule has 1 unspecified atom stereocenters. The lowest BCUT2D eigenvalue weighted by molar-refractivity contribution is -0.119. The highest BCUT2D eigenvalue weighted by Crippen LogP contribution is 1.99. The fraction of sp³-hybridized carbons (Fsp3) is 0.846. The molecular weight excluding hydrogens is 228 g/mol. The summed E-state index contributed by atoms with van der Waals surface area (Å²) < 4.78 is 0. The van der Waals surface area contributed by atoms with E-state index in [1.807, 2.05) is 13.8 Å². The van der Waals surface area contributed by atoms with Crippen LogP contribution in [0.5, 0.6) is 0 Å². The lowest BCUT2D eigenvalue weighted by Gasteiger charge is -2.20. The zero-order valence-corrected chi connectivity index (χ0v) is 12.3. The van der Waals surface area contributed by atoms with Crippen molar-refractivity contribution >= 4 is 11.9 Å². The number of carbonyl (C=O) groups excluding carboxylic acids is 1. The molecule has 0 aromatic heterocycles. The van der Waals surface area contributed by atoms with Crippen LogP contribution >= 0.6 is 0 Å². The van der Waals surface area contributed by atoms with E-state index in [1.165, 1.54) is 0 Å². The van der Waals surface area contributed by atoms with Gasteiger partial charge in [-0.05, 0) is 26.2 Å². The molecule has 0 bridgehead atoms. The molecule has 106 valence electrons. The number of amides is 1. The molecule has 18 heavy (non-hydrogen) atoms. The van der Waals surface area contributed by atoms with Crippen LogP contribution in [0.2, 0.25) is 0 Å². The topological polar surface area (TPSA) is 65.5 Å². The van der Waals surface area contributed by atoms with Gasteiger partial charge in [-0.25, -0.2) is 4.99 Å². The van der Waals surface area contributed by atoms with Gasteiger partial charge in [-0.15, -0.1) is 0 Å². The molecule has 0 saturated heterocycles. The molecule has 1 amide bonds. The summed E-state index contributed by atoms with van der Waals surface area (Å²) in [4.78, 5) is 15.7. The van der Waals surface area contributed by atoms with Crippen molar-refractivity contribution in [1.29, 1.82) is 0 Å². The molecule has 0 fully saturated rings.